The van der Waals surface area contributed by atoms with Gasteiger partial charge in [0.1, 0.15) is 5.75 Å². The van der Waals surface area contributed by atoms with E-state index in [1.54, 1.807) is 7.11 Å². The lowest BCUT2D eigenvalue weighted by molar-refractivity contribution is 0.298. The molecule has 0 N–H and O–H groups in total. The number of hydrogen-bond donors (Lipinski definition) is 0. The van der Waals surface area contributed by atoms with Gasteiger partial charge in [-0.05, 0) is 63.6 Å². The van der Waals surface area contributed by atoms with Gasteiger partial charge in [-0.3, -0.25) is 0 Å². The zero-order valence-electron chi connectivity index (χ0n) is 19.5. The van der Waals surface area contributed by atoms with Crippen LogP contribution >= 0.6 is 0 Å². The molecule has 0 aromatic heterocycles. The molecular weight excluding hydrogens is 376 g/mol. The molecule has 1 aliphatic rings. The van der Waals surface area contributed by atoms with Crippen molar-refractivity contribution in [2.75, 3.05) is 7.11 Å². The second-order valence-corrected chi connectivity index (χ2v) is 9.56. The van der Waals surface area contributed by atoms with Gasteiger partial charge >= 0.3 is 0 Å². The average molecular weight is 411 g/mol. The summed E-state index contributed by atoms with van der Waals surface area (Å²) in [7, 11) is 1.77. The van der Waals surface area contributed by atoms with Gasteiger partial charge in [-0.1, -0.05) is 101 Å². The van der Waals surface area contributed by atoms with Crippen molar-refractivity contribution in [1.29, 1.82) is 0 Å². The molecule has 0 saturated carbocycles. The largest absolute Gasteiger partial charge is 0.496 e. The van der Waals surface area contributed by atoms with Crippen molar-refractivity contribution in [3.05, 3.63) is 90.0 Å². The molecule has 2 unspecified atom stereocenters. The molecule has 0 saturated heterocycles. The van der Waals surface area contributed by atoms with E-state index in [0.717, 1.165) is 18.6 Å². The van der Waals surface area contributed by atoms with E-state index in [-0.39, 0.29) is 5.41 Å². The number of ether oxygens (including phenoxy) is 1. The summed E-state index contributed by atoms with van der Waals surface area (Å²) in [4.78, 5) is 0. The molecule has 0 heterocycles. The Morgan fingerprint density at radius 1 is 1.03 bits per heavy atom. The average Bonchev–Trinajstić information content (AvgIpc) is 2.82. The Labute approximate surface area is 187 Å². The Kier molecular flexibility index (Phi) is 6.05. The van der Waals surface area contributed by atoms with Crippen LogP contribution in [0.2, 0.25) is 0 Å². The highest BCUT2D eigenvalue weighted by Gasteiger charge is 2.34. The molecule has 3 aromatic carbocycles. The lowest BCUT2D eigenvalue weighted by atomic mass is 9.66. The standard InChI is InChI=1S/C30H34O/c1-21(2)20-30(4)22(3)11-7-6-8-13-24-15-16-25(19-27(24)30)29-26-14-10-9-12-23(26)17-18-28(29)31-5/h6-12,14-19,21-22H,13,20H2,1-5H3/b8-6-,11-7-. The number of allylic oxidation sites excluding steroid dienone is 4. The van der Waals surface area contributed by atoms with Crippen LogP contribution in [-0.4, -0.2) is 7.11 Å². The van der Waals surface area contributed by atoms with E-state index in [2.05, 4.69) is 107 Å². The van der Waals surface area contributed by atoms with Crippen molar-refractivity contribution in [3.63, 3.8) is 0 Å². The highest BCUT2D eigenvalue weighted by Crippen LogP contribution is 2.44. The Morgan fingerprint density at radius 2 is 1.84 bits per heavy atom. The van der Waals surface area contributed by atoms with Crippen molar-refractivity contribution < 1.29 is 4.74 Å². The number of methoxy groups -OCH3 is 1. The van der Waals surface area contributed by atoms with Crippen LogP contribution in [0, 0.1) is 11.8 Å². The summed E-state index contributed by atoms with van der Waals surface area (Å²) in [5, 5.41) is 2.48. The monoisotopic (exact) mass is 410 g/mol. The Balaban J connectivity index is 1.98. The first-order chi connectivity index (χ1) is 14.9. The summed E-state index contributed by atoms with van der Waals surface area (Å²) < 4.78 is 5.83. The molecule has 160 valence electrons. The Morgan fingerprint density at radius 3 is 2.61 bits per heavy atom. The molecule has 0 fully saturated rings. The molecule has 1 nitrogen and oxygen atoms in total. The zero-order valence-corrected chi connectivity index (χ0v) is 19.5. The first kappa shape index (κ1) is 21.4. The van der Waals surface area contributed by atoms with Crippen LogP contribution in [0.3, 0.4) is 0 Å². The minimum atomic E-state index is 0.0693. The van der Waals surface area contributed by atoms with E-state index < -0.39 is 0 Å². The predicted molar refractivity (Wildman–Crippen MR) is 134 cm³/mol. The molecule has 1 heteroatoms. The van der Waals surface area contributed by atoms with Crippen LogP contribution in [0.1, 0.15) is 45.2 Å². The Hall–Kier alpha value is -2.80. The summed E-state index contributed by atoms with van der Waals surface area (Å²) in [5.74, 6) is 2.00. The minimum Gasteiger partial charge on any atom is -0.496 e. The fourth-order valence-corrected chi connectivity index (χ4v) is 5.27. The maximum atomic E-state index is 5.83. The lowest BCUT2D eigenvalue weighted by Gasteiger charge is -2.38. The normalized spacial score (nSPS) is 23.0. The summed E-state index contributed by atoms with van der Waals surface area (Å²) in [6, 6.07) is 19.9. The minimum absolute atomic E-state index is 0.0693. The topological polar surface area (TPSA) is 9.23 Å². The molecule has 1 aliphatic carbocycles. The highest BCUT2D eigenvalue weighted by molar-refractivity contribution is 6.00. The summed E-state index contributed by atoms with van der Waals surface area (Å²) in [5.41, 5.74) is 5.39. The summed E-state index contributed by atoms with van der Waals surface area (Å²) in [6.07, 6.45) is 11.2. The van der Waals surface area contributed by atoms with E-state index in [0.29, 0.717) is 11.8 Å². The molecule has 4 rings (SSSR count). The zero-order chi connectivity index (χ0) is 22.0. The van der Waals surface area contributed by atoms with Crippen LogP contribution in [0.4, 0.5) is 0 Å². The van der Waals surface area contributed by atoms with Crippen molar-refractivity contribution in [3.8, 4) is 16.9 Å². The third-order valence-electron chi connectivity index (χ3n) is 6.95. The van der Waals surface area contributed by atoms with Gasteiger partial charge in [0.25, 0.3) is 0 Å². The highest BCUT2D eigenvalue weighted by atomic mass is 16.5. The predicted octanol–water partition coefficient (Wildman–Crippen LogP) is 8.12. The van der Waals surface area contributed by atoms with Crippen LogP contribution in [0.5, 0.6) is 5.75 Å². The lowest BCUT2D eigenvalue weighted by Crippen LogP contribution is -2.32. The van der Waals surface area contributed by atoms with Gasteiger partial charge in [-0.25, -0.2) is 0 Å². The van der Waals surface area contributed by atoms with E-state index >= 15 is 0 Å². The van der Waals surface area contributed by atoms with Gasteiger partial charge in [-0.2, -0.15) is 0 Å². The van der Waals surface area contributed by atoms with Crippen LogP contribution in [-0.2, 0) is 11.8 Å². The molecule has 0 amide bonds. The van der Waals surface area contributed by atoms with Crippen LogP contribution in [0.15, 0.2) is 78.9 Å². The van der Waals surface area contributed by atoms with Crippen LogP contribution < -0.4 is 4.74 Å². The Bertz CT molecular complexity index is 1130. The maximum absolute atomic E-state index is 5.83. The number of hydrogen-bond acceptors (Lipinski definition) is 1. The van der Waals surface area contributed by atoms with Gasteiger partial charge < -0.3 is 4.74 Å². The van der Waals surface area contributed by atoms with Crippen molar-refractivity contribution >= 4 is 10.8 Å². The van der Waals surface area contributed by atoms with Gasteiger partial charge in [-0.15, -0.1) is 0 Å². The number of benzene rings is 3. The molecule has 0 spiro atoms. The van der Waals surface area contributed by atoms with E-state index in [1.165, 1.54) is 33.0 Å². The van der Waals surface area contributed by atoms with Crippen molar-refractivity contribution in [1.82, 2.24) is 0 Å². The van der Waals surface area contributed by atoms with Crippen LogP contribution in [0.25, 0.3) is 21.9 Å². The number of rotatable bonds is 4. The molecular formula is C30H34O. The van der Waals surface area contributed by atoms with E-state index in [1.807, 2.05) is 0 Å². The second-order valence-electron chi connectivity index (χ2n) is 9.56. The fourth-order valence-electron chi connectivity index (χ4n) is 5.27. The molecule has 0 radical (unpaired) electrons. The molecule has 2 atom stereocenters. The SMILES string of the molecule is COc1ccc2ccccc2c1-c1ccc2c(c1)C(C)(CC(C)C)C(C)/C=C\C=C/C2. The van der Waals surface area contributed by atoms with Gasteiger partial charge in [0.2, 0.25) is 0 Å². The maximum Gasteiger partial charge on any atom is 0.127 e. The van der Waals surface area contributed by atoms with E-state index in [4.69, 9.17) is 4.74 Å². The van der Waals surface area contributed by atoms with Crippen molar-refractivity contribution in [2.45, 2.75) is 46.0 Å². The van der Waals surface area contributed by atoms with E-state index in [9.17, 15) is 0 Å². The second kappa shape index (κ2) is 8.75. The third kappa shape index (κ3) is 4.06. The summed E-state index contributed by atoms with van der Waals surface area (Å²) >= 11 is 0. The molecule has 3 aromatic rings. The first-order valence-corrected chi connectivity index (χ1v) is 11.5. The smallest absolute Gasteiger partial charge is 0.127 e. The van der Waals surface area contributed by atoms with Gasteiger partial charge in [0, 0.05) is 5.56 Å². The van der Waals surface area contributed by atoms with Crippen molar-refractivity contribution in [2.24, 2.45) is 11.8 Å². The van der Waals surface area contributed by atoms with Gasteiger partial charge in [0.15, 0.2) is 0 Å². The molecule has 0 aliphatic heterocycles. The molecule has 0 bridgehead atoms. The number of fused-ring (bicyclic) bond motifs is 2. The third-order valence-corrected chi connectivity index (χ3v) is 6.95. The quantitative estimate of drug-likeness (QED) is 0.422. The first-order valence-electron chi connectivity index (χ1n) is 11.5. The molecule has 31 heavy (non-hydrogen) atoms. The van der Waals surface area contributed by atoms with Gasteiger partial charge in [0.05, 0.1) is 7.11 Å². The fraction of sp³-hybridized carbons (Fsp3) is 0.333. The summed E-state index contributed by atoms with van der Waals surface area (Å²) in [6.45, 7) is 9.50.